The first-order valence-electron chi connectivity index (χ1n) is 5.87. The van der Waals surface area contributed by atoms with Gasteiger partial charge >= 0.3 is 0 Å². The molecule has 1 aromatic heterocycles. The normalized spacial score (nSPS) is 12.3. The fraction of sp³-hybridized carbons (Fsp3) is 0.500. The maximum Gasteiger partial charge on any atom is 0.251 e. The Kier molecular flexibility index (Phi) is 5.37. The Hall–Kier alpha value is -1.33. The summed E-state index contributed by atoms with van der Waals surface area (Å²) in [4.78, 5) is 15.9. The highest BCUT2D eigenvalue weighted by Gasteiger charge is 2.12. The van der Waals surface area contributed by atoms with Crippen LogP contribution in [0.1, 0.15) is 37.6 Å². The van der Waals surface area contributed by atoms with Gasteiger partial charge in [-0.3, -0.25) is 4.79 Å². The number of amides is 1. The van der Waals surface area contributed by atoms with E-state index in [2.05, 4.69) is 29.6 Å². The van der Waals surface area contributed by atoms with Gasteiger partial charge in [0.1, 0.15) is 11.0 Å². The smallest absolute Gasteiger partial charge is 0.251 e. The summed E-state index contributed by atoms with van der Waals surface area (Å²) in [6, 6.07) is 3.18. The Labute approximate surface area is 112 Å². The molecular formula is C12H19ClN4O. The lowest BCUT2D eigenvalue weighted by molar-refractivity contribution is 0.0936. The molecule has 1 amide bonds. The Balaban J connectivity index is 2.74. The molecule has 0 bridgehead atoms. The predicted molar refractivity (Wildman–Crippen MR) is 73.4 cm³/mol. The number of hydrogen-bond donors (Lipinski definition) is 3. The number of nitrogens with two attached hydrogens (primary N) is 1. The van der Waals surface area contributed by atoms with Crippen LogP contribution in [0.3, 0.4) is 0 Å². The van der Waals surface area contributed by atoms with Gasteiger partial charge in [0.15, 0.2) is 0 Å². The number of pyridine rings is 1. The second kappa shape index (κ2) is 6.56. The van der Waals surface area contributed by atoms with Gasteiger partial charge in [0.2, 0.25) is 0 Å². The fourth-order valence-electron chi connectivity index (χ4n) is 1.78. The molecule has 18 heavy (non-hydrogen) atoms. The number of carbonyl (C=O) groups excluding carboxylic acids is 1. The molecule has 0 spiro atoms. The molecule has 0 radical (unpaired) electrons. The maximum atomic E-state index is 12.0. The first-order valence-corrected chi connectivity index (χ1v) is 6.25. The highest BCUT2D eigenvalue weighted by Crippen LogP contribution is 2.14. The van der Waals surface area contributed by atoms with Gasteiger partial charge < -0.3 is 10.7 Å². The van der Waals surface area contributed by atoms with E-state index >= 15 is 0 Å². The van der Waals surface area contributed by atoms with Gasteiger partial charge in [-0.2, -0.15) is 0 Å². The highest BCUT2D eigenvalue weighted by molar-refractivity contribution is 6.29. The van der Waals surface area contributed by atoms with Crippen molar-refractivity contribution >= 4 is 23.3 Å². The monoisotopic (exact) mass is 270 g/mol. The summed E-state index contributed by atoms with van der Waals surface area (Å²) in [6.07, 6.45) is 0.923. The van der Waals surface area contributed by atoms with Crippen LogP contribution in [0.15, 0.2) is 12.1 Å². The topological polar surface area (TPSA) is 80.0 Å². The van der Waals surface area contributed by atoms with Crippen molar-refractivity contribution in [2.75, 3.05) is 5.43 Å². The first-order chi connectivity index (χ1) is 8.42. The third-order valence-corrected chi connectivity index (χ3v) is 2.60. The molecule has 4 N–H and O–H groups in total. The van der Waals surface area contributed by atoms with Gasteiger partial charge in [-0.15, -0.1) is 0 Å². The van der Waals surface area contributed by atoms with Crippen molar-refractivity contribution in [3.8, 4) is 0 Å². The summed E-state index contributed by atoms with van der Waals surface area (Å²) in [5.74, 6) is 5.97. The molecular weight excluding hydrogens is 252 g/mol. The van der Waals surface area contributed by atoms with Crippen molar-refractivity contribution in [2.45, 2.75) is 33.2 Å². The molecule has 0 aliphatic heterocycles. The van der Waals surface area contributed by atoms with Crippen LogP contribution in [0.2, 0.25) is 5.15 Å². The average molecular weight is 271 g/mol. The number of carbonyl (C=O) groups is 1. The average Bonchev–Trinajstić information content (AvgIpc) is 2.26. The zero-order valence-corrected chi connectivity index (χ0v) is 11.6. The van der Waals surface area contributed by atoms with Crippen LogP contribution in [-0.2, 0) is 0 Å². The third kappa shape index (κ3) is 4.50. The van der Waals surface area contributed by atoms with E-state index in [1.54, 1.807) is 6.07 Å². The lowest BCUT2D eigenvalue weighted by Crippen LogP contribution is -2.33. The second-order valence-corrected chi connectivity index (χ2v) is 5.10. The van der Waals surface area contributed by atoms with Crippen LogP contribution in [0.5, 0.6) is 0 Å². The van der Waals surface area contributed by atoms with Gasteiger partial charge in [-0.05, 0) is 31.4 Å². The molecule has 1 rings (SSSR count). The lowest BCUT2D eigenvalue weighted by atomic mass is 10.0. The SMILES string of the molecule is CC(C)CC(C)NC(=O)c1cc(Cl)nc(NN)c1. The summed E-state index contributed by atoms with van der Waals surface area (Å²) in [7, 11) is 0. The molecule has 0 aliphatic rings. The summed E-state index contributed by atoms with van der Waals surface area (Å²) in [5, 5.41) is 3.14. The molecule has 0 fully saturated rings. The summed E-state index contributed by atoms with van der Waals surface area (Å²) < 4.78 is 0. The standard InChI is InChI=1S/C12H19ClN4O/c1-7(2)4-8(3)15-12(18)9-5-10(13)16-11(6-9)17-14/h5-8H,4,14H2,1-3H3,(H,15,18)(H,16,17). The van der Waals surface area contributed by atoms with Gasteiger partial charge in [-0.1, -0.05) is 25.4 Å². The number of hydrogen-bond acceptors (Lipinski definition) is 4. The van der Waals surface area contributed by atoms with Crippen molar-refractivity contribution in [1.29, 1.82) is 0 Å². The van der Waals surface area contributed by atoms with E-state index in [1.807, 2.05) is 6.92 Å². The Morgan fingerprint density at radius 2 is 2.11 bits per heavy atom. The van der Waals surface area contributed by atoms with Crippen molar-refractivity contribution in [3.63, 3.8) is 0 Å². The second-order valence-electron chi connectivity index (χ2n) is 4.71. The number of nitrogen functional groups attached to an aromatic ring is 1. The number of anilines is 1. The molecule has 0 aromatic carbocycles. The van der Waals surface area contributed by atoms with E-state index in [9.17, 15) is 4.79 Å². The minimum Gasteiger partial charge on any atom is -0.350 e. The van der Waals surface area contributed by atoms with Crippen molar-refractivity contribution < 1.29 is 4.79 Å². The number of rotatable bonds is 5. The van der Waals surface area contributed by atoms with Crippen LogP contribution in [0.4, 0.5) is 5.82 Å². The van der Waals surface area contributed by atoms with E-state index in [0.717, 1.165) is 6.42 Å². The molecule has 1 unspecified atom stereocenters. The lowest BCUT2D eigenvalue weighted by Gasteiger charge is -2.16. The van der Waals surface area contributed by atoms with E-state index in [-0.39, 0.29) is 17.1 Å². The Bertz CT molecular complexity index is 423. The fourth-order valence-corrected chi connectivity index (χ4v) is 1.98. The molecule has 1 atom stereocenters. The molecule has 1 aromatic rings. The van der Waals surface area contributed by atoms with Crippen LogP contribution >= 0.6 is 11.6 Å². The van der Waals surface area contributed by atoms with Crippen LogP contribution in [0, 0.1) is 5.92 Å². The van der Waals surface area contributed by atoms with Crippen molar-refractivity contribution in [1.82, 2.24) is 10.3 Å². The largest absolute Gasteiger partial charge is 0.350 e. The Morgan fingerprint density at radius 3 is 2.67 bits per heavy atom. The molecule has 0 aliphatic carbocycles. The Morgan fingerprint density at radius 1 is 1.44 bits per heavy atom. The van der Waals surface area contributed by atoms with Crippen LogP contribution in [0.25, 0.3) is 0 Å². The first kappa shape index (κ1) is 14.7. The van der Waals surface area contributed by atoms with Crippen LogP contribution in [-0.4, -0.2) is 16.9 Å². The zero-order chi connectivity index (χ0) is 13.7. The van der Waals surface area contributed by atoms with E-state index in [1.165, 1.54) is 6.07 Å². The van der Waals surface area contributed by atoms with Crippen molar-refractivity contribution in [2.24, 2.45) is 11.8 Å². The molecule has 5 nitrogen and oxygen atoms in total. The zero-order valence-electron chi connectivity index (χ0n) is 10.8. The number of nitrogens with one attached hydrogen (secondary N) is 2. The molecule has 1 heterocycles. The quantitative estimate of drug-likeness (QED) is 0.435. The molecule has 0 saturated carbocycles. The maximum absolute atomic E-state index is 12.0. The summed E-state index contributed by atoms with van der Waals surface area (Å²) in [6.45, 7) is 6.20. The number of halogens is 1. The number of nitrogens with zero attached hydrogens (tertiary/aromatic N) is 1. The third-order valence-electron chi connectivity index (χ3n) is 2.41. The van der Waals surface area contributed by atoms with Gasteiger partial charge in [0, 0.05) is 11.6 Å². The van der Waals surface area contributed by atoms with E-state index in [0.29, 0.717) is 17.3 Å². The summed E-state index contributed by atoms with van der Waals surface area (Å²) >= 11 is 5.81. The van der Waals surface area contributed by atoms with E-state index in [4.69, 9.17) is 17.4 Å². The minimum atomic E-state index is -0.177. The minimum absolute atomic E-state index is 0.110. The number of hydrazine groups is 1. The van der Waals surface area contributed by atoms with E-state index < -0.39 is 0 Å². The molecule has 6 heteroatoms. The molecule has 100 valence electrons. The van der Waals surface area contributed by atoms with Crippen LogP contribution < -0.4 is 16.6 Å². The molecule has 0 saturated heterocycles. The predicted octanol–water partition coefficient (Wildman–Crippen LogP) is 2.18. The summed E-state index contributed by atoms with van der Waals surface area (Å²) in [5.41, 5.74) is 2.82. The van der Waals surface area contributed by atoms with Gasteiger partial charge in [-0.25, -0.2) is 10.8 Å². The van der Waals surface area contributed by atoms with Gasteiger partial charge in [0.05, 0.1) is 0 Å². The highest BCUT2D eigenvalue weighted by atomic mass is 35.5. The number of aromatic nitrogens is 1. The van der Waals surface area contributed by atoms with Gasteiger partial charge in [0.25, 0.3) is 5.91 Å². The van der Waals surface area contributed by atoms with Crippen molar-refractivity contribution in [3.05, 3.63) is 22.8 Å².